The summed E-state index contributed by atoms with van der Waals surface area (Å²) in [6, 6.07) is 7.66. The molecule has 0 saturated heterocycles. The van der Waals surface area contributed by atoms with Gasteiger partial charge in [-0.3, -0.25) is 9.69 Å². The predicted molar refractivity (Wildman–Crippen MR) is 86.6 cm³/mol. The maximum absolute atomic E-state index is 12.1. The topological polar surface area (TPSA) is 42.7 Å². The van der Waals surface area contributed by atoms with Gasteiger partial charge in [-0.25, -0.2) is 0 Å². The van der Waals surface area contributed by atoms with E-state index in [0.29, 0.717) is 24.2 Å². The van der Waals surface area contributed by atoms with Gasteiger partial charge in [-0.1, -0.05) is 17.7 Å². The van der Waals surface area contributed by atoms with Gasteiger partial charge in [-0.05, 0) is 23.6 Å². The quantitative estimate of drug-likeness (QED) is 0.714. The van der Waals surface area contributed by atoms with Crippen LogP contribution in [0.25, 0.3) is 11.0 Å². The molecule has 1 aliphatic heterocycles. The second-order valence-electron chi connectivity index (χ2n) is 5.17. The fourth-order valence-corrected chi connectivity index (χ4v) is 3.55. The zero-order chi connectivity index (χ0) is 15.1. The maximum Gasteiger partial charge on any atom is 0.211 e. The third kappa shape index (κ3) is 2.31. The Morgan fingerprint density at radius 1 is 1.32 bits per heavy atom. The van der Waals surface area contributed by atoms with E-state index in [1.54, 1.807) is 17.4 Å². The van der Waals surface area contributed by atoms with Crippen molar-refractivity contribution >= 4 is 33.9 Å². The first-order chi connectivity index (χ1) is 10.7. The van der Waals surface area contributed by atoms with Gasteiger partial charge in [0.15, 0.2) is 0 Å². The van der Waals surface area contributed by atoms with Crippen LogP contribution in [0.5, 0.6) is 5.75 Å². The molecule has 0 N–H and O–H groups in total. The molecule has 4 nitrogen and oxygen atoms in total. The van der Waals surface area contributed by atoms with Crippen LogP contribution in [0.4, 0.5) is 0 Å². The molecule has 0 saturated carbocycles. The van der Waals surface area contributed by atoms with Gasteiger partial charge in [0.1, 0.15) is 29.3 Å². The molecule has 1 aliphatic rings. The fraction of sp³-hybridized carbons (Fsp3) is 0.188. The van der Waals surface area contributed by atoms with Crippen molar-refractivity contribution in [2.24, 2.45) is 0 Å². The number of nitrogens with zero attached hydrogens (tertiary/aromatic N) is 1. The second-order valence-corrected chi connectivity index (χ2v) is 6.61. The normalized spacial score (nSPS) is 14.8. The zero-order valence-corrected chi connectivity index (χ0v) is 13.1. The Morgan fingerprint density at radius 2 is 2.23 bits per heavy atom. The summed E-state index contributed by atoms with van der Waals surface area (Å²) >= 11 is 7.57. The summed E-state index contributed by atoms with van der Waals surface area (Å²) in [6.07, 6.45) is 1.30. The molecular weight excluding hydrogens is 322 g/mol. The van der Waals surface area contributed by atoms with Crippen LogP contribution < -0.4 is 10.2 Å². The number of thiophene rings is 1. The number of hydrogen-bond acceptors (Lipinski definition) is 5. The summed E-state index contributed by atoms with van der Waals surface area (Å²) < 4.78 is 11.4. The minimum atomic E-state index is -0.207. The maximum atomic E-state index is 12.1. The van der Waals surface area contributed by atoms with Gasteiger partial charge in [0.2, 0.25) is 5.43 Å². The van der Waals surface area contributed by atoms with Crippen molar-refractivity contribution in [2.45, 2.75) is 13.1 Å². The number of ether oxygens (including phenoxy) is 1. The number of hydrogen-bond donors (Lipinski definition) is 0. The van der Waals surface area contributed by atoms with Crippen molar-refractivity contribution in [3.05, 3.63) is 61.6 Å². The van der Waals surface area contributed by atoms with Crippen molar-refractivity contribution in [2.75, 3.05) is 6.73 Å². The van der Waals surface area contributed by atoms with Crippen LogP contribution in [0, 0.1) is 0 Å². The lowest BCUT2D eigenvalue weighted by Crippen LogP contribution is -2.31. The minimum absolute atomic E-state index is 0.0969. The van der Waals surface area contributed by atoms with Crippen LogP contribution in [0.1, 0.15) is 10.4 Å². The van der Waals surface area contributed by atoms with E-state index >= 15 is 0 Å². The number of rotatable bonds is 2. The summed E-state index contributed by atoms with van der Waals surface area (Å²) in [7, 11) is 0. The average Bonchev–Trinajstić information content (AvgIpc) is 3.03. The lowest BCUT2D eigenvalue weighted by molar-refractivity contribution is 0.0899. The van der Waals surface area contributed by atoms with Crippen molar-refractivity contribution in [3.8, 4) is 5.75 Å². The number of halogens is 1. The Labute approximate surface area is 135 Å². The van der Waals surface area contributed by atoms with Gasteiger partial charge in [0, 0.05) is 18.0 Å². The van der Waals surface area contributed by atoms with Crippen molar-refractivity contribution in [1.82, 2.24) is 4.90 Å². The van der Waals surface area contributed by atoms with E-state index in [2.05, 4.69) is 16.3 Å². The molecule has 1 aromatic carbocycles. The molecule has 0 atom stereocenters. The molecule has 0 aliphatic carbocycles. The second kappa shape index (κ2) is 5.43. The smallest absolute Gasteiger partial charge is 0.211 e. The minimum Gasteiger partial charge on any atom is -0.478 e. The van der Waals surface area contributed by atoms with E-state index in [-0.39, 0.29) is 10.5 Å². The molecule has 0 spiro atoms. The van der Waals surface area contributed by atoms with E-state index in [1.807, 2.05) is 12.1 Å². The highest BCUT2D eigenvalue weighted by Gasteiger charge is 2.22. The van der Waals surface area contributed by atoms with Gasteiger partial charge in [0.05, 0.1) is 10.9 Å². The molecule has 0 unspecified atom stereocenters. The van der Waals surface area contributed by atoms with E-state index < -0.39 is 0 Å². The van der Waals surface area contributed by atoms with Crippen molar-refractivity contribution in [3.63, 3.8) is 0 Å². The Hall–Kier alpha value is -1.82. The Morgan fingerprint density at radius 3 is 3.05 bits per heavy atom. The molecule has 112 valence electrons. The highest BCUT2D eigenvalue weighted by atomic mass is 35.5. The average molecular weight is 334 g/mol. The third-order valence-corrected chi connectivity index (χ3v) is 4.83. The van der Waals surface area contributed by atoms with Crippen LogP contribution in [0.15, 0.2) is 45.1 Å². The van der Waals surface area contributed by atoms with Gasteiger partial charge in [0.25, 0.3) is 0 Å². The van der Waals surface area contributed by atoms with Gasteiger partial charge in [-0.2, -0.15) is 0 Å². The molecule has 3 aromatic rings. The van der Waals surface area contributed by atoms with E-state index in [1.165, 1.54) is 11.1 Å². The van der Waals surface area contributed by atoms with Crippen LogP contribution >= 0.6 is 22.9 Å². The standard InChI is InChI=1S/C16H12ClNO3S/c17-13-8-20-16-11(15(13)19)3-4-14-12(16)7-18(9-21-14)6-10-2-1-5-22-10/h1-5,8H,6-7,9H2. The molecule has 4 rings (SSSR count). The first-order valence-corrected chi connectivity index (χ1v) is 8.08. The van der Waals surface area contributed by atoms with E-state index in [0.717, 1.165) is 17.9 Å². The summed E-state index contributed by atoms with van der Waals surface area (Å²) in [6.45, 7) is 2.01. The third-order valence-electron chi connectivity index (χ3n) is 3.70. The van der Waals surface area contributed by atoms with Crippen LogP contribution in [0.3, 0.4) is 0 Å². The predicted octanol–water partition coefficient (Wildman–Crippen LogP) is 3.86. The Balaban J connectivity index is 1.75. The lowest BCUT2D eigenvalue weighted by atomic mass is 10.1. The summed E-state index contributed by atoms with van der Waals surface area (Å²) in [5, 5.41) is 2.65. The number of fused-ring (bicyclic) bond motifs is 3. The SMILES string of the molecule is O=c1c(Cl)coc2c3c(ccc12)OCN(Cc1cccs1)C3. The zero-order valence-electron chi connectivity index (χ0n) is 11.5. The Bertz CT molecular complexity index is 888. The molecule has 0 bridgehead atoms. The molecule has 22 heavy (non-hydrogen) atoms. The summed E-state index contributed by atoms with van der Waals surface area (Å²) in [4.78, 5) is 15.6. The highest BCUT2D eigenvalue weighted by Crippen LogP contribution is 2.32. The molecular formula is C16H12ClNO3S. The molecule has 0 radical (unpaired) electrons. The Kier molecular flexibility index (Phi) is 3.41. The fourth-order valence-electron chi connectivity index (χ4n) is 2.66. The van der Waals surface area contributed by atoms with E-state index in [9.17, 15) is 4.79 Å². The monoisotopic (exact) mass is 333 g/mol. The van der Waals surface area contributed by atoms with Crippen molar-refractivity contribution in [1.29, 1.82) is 0 Å². The summed E-state index contributed by atoms with van der Waals surface area (Å²) in [5.41, 5.74) is 1.25. The van der Waals surface area contributed by atoms with Gasteiger partial charge < -0.3 is 9.15 Å². The molecule has 0 amide bonds. The lowest BCUT2D eigenvalue weighted by Gasteiger charge is -2.28. The van der Waals surface area contributed by atoms with Crippen LogP contribution in [-0.4, -0.2) is 11.6 Å². The van der Waals surface area contributed by atoms with E-state index in [4.69, 9.17) is 20.8 Å². The first kappa shape index (κ1) is 13.8. The van der Waals surface area contributed by atoms with Crippen LogP contribution in [-0.2, 0) is 13.1 Å². The molecule has 0 fully saturated rings. The summed E-state index contributed by atoms with van der Waals surface area (Å²) in [5.74, 6) is 0.764. The molecule has 6 heteroatoms. The van der Waals surface area contributed by atoms with Gasteiger partial charge >= 0.3 is 0 Å². The first-order valence-electron chi connectivity index (χ1n) is 6.83. The number of benzene rings is 1. The molecule has 3 heterocycles. The largest absolute Gasteiger partial charge is 0.478 e. The van der Waals surface area contributed by atoms with Crippen molar-refractivity contribution < 1.29 is 9.15 Å². The van der Waals surface area contributed by atoms with Gasteiger partial charge in [-0.15, -0.1) is 11.3 Å². The molecule has 2 aromatic heterocycles. The highest BCUT2D eigenvalue weighted by molar-refractivity contribution is 7.09. The van der Waals surface area contributed by atoms with Crippen LogP contribution in [0.2, 0.25) is 5.02 Å².